The summed E-state index contributed by atoms with van der Waals surface area (Å²) in [7, 11) is 1.74. The molecule has 0 bridgehead atoms. The zero-order valence-corrected chi connectivity index (χ0v) is 19.0. The van der Waals surface area contributed by atoms with Crippen molar-refractivity contribution in [2.45, 2.75) is 32.7 Å². The van der Waals surface area contributed by atoms with Crippen molar-refractivity contribution in [2.75, 3.05) is 13.6 Å². The van der Waals surface area contributed by atoms with Crippen LogP contribution in [-0.2, 0) is 19.4 Å². The molecule has 4 nitrogen and oxygen atoms in total. The van der Waals surface area contributed by atoms with Crippen LogP contribution in [0.1, 0.15) is 28.8 Å². The van der Waals surface area contributed by atoms with Crippen LogP contribution in [0.15, 0.2) is 33.9 Å². The highest BCUT2D eigenvalue weighted by Gasteiger charge is 2.04. The number of aryl methyl sites for hydroxylation is 2. The Bertz CT molecular complexity index is 693. The lowest BCUT2D eigenvalue weighted by Gasteiger charge is -2.11. The maximum atomic E-state index is 13.7. The zero-order chi connectivity index (χ0) is 17.4. The molecule has 0 atom stereocenters. The molecule has 1 heterocycles. The van der Waals surface area contributed by atoms with E-state index in [0.29, 0.717) is 13.0 Å². The minimum Gasteiger partial charge on any atom is -0.356 e. The molecule has 0 aliphatic heterocycles. The molecule has 138 valence electrons. The Morgan fingerprint density at radius 2 is 2.16 bits per heavy atom. The van der Waals surface area contributed by atoms with E-state index in [9.17, 15) is 4.39 Å². The predicted molar refractivity (Wildman–Crippen MR) is 118 cm³/mol. The van der Waals surface area contributed by atoms with Gasteiger partial charge in [-0.25, -0.2) is 9.37 Å². The second kappa shape index (κ2) is 11.8. The van der Waals surface area contributed by atoms with Crippen molar-refractivity contribution in [3.05, 3.63) is 50.1 Å². The lowest BCUT2D eigenvalue weighted by molar-refractivity contribution is 0.602. The minimum absolute atomic E-state index is 0. The molecule has 2 N–H and O–H groups in total. The summed E-state index contributed by atoms with van der Waals surface area (Å²) in [4.78, 5) is 9.85. The lowest BCUT2D eigenvalue weighted by Crippen LogP contribution is -2.37. The lowest BCUT2D eigenvalue weighted by atomic mass is 10.1. The number of aliphatic imine (C=N–C) groups is 1. The number of hydrogen-bond donors (Lipinski definition) is 2. The Morgan fingerprint density at radius 3 is 2.80 bits per heavy atom. The molecule has 0 saturated heterocycles. The molecular weight excluding hydrogens is 518 g/mol. The Kier molecular flexibility index (Phi) is 10.5. The molecule has 8 heteroatoms. The number of nitrogens with one attached hydrogen (secondary N) is 2. The second-order valence-corrected chi connectivity index (χ2v) is 7.38. The van der Waals surface area contributed by atoms with E-state index < -0.39 is 0 Å². The molecule has 0 amide bonds. The van der Waals surface area contributed by atoms with Crippen molar-refractivity contribution in [3.63, 3.8) is 0 Å². The van der Waals surface area contributed by atoms with Crippen molar-refractivity contribution in [3.8, 4) is 0 Å². The fraction of sp³-hybridized carbons (Fsp3) is 0.412. The number of guanidine groups is 1. The number of halogens is 3. The topological polar surface area (TPSA) is 49.3 Å². The van der Waals surface area contributed by atoms with Crippen LogP contribution in [0, 0.1) is 5.82 Å². The molecule has 0 aliphatic rings. The molecule has 2 aromatic rings. The van der Waals surface area contributed by atoms with E-state index in [1.807, 2.05) is 18.3 Å². The van der Waals surface area contributed by atoms with Crippen LogP contribution in [0.4, 0.5) is 4.39 Å². The summed E-state index contributed by atoms with van der Waals surface area (Å²) in [6.45, 7) is 3.51. The summed E-state index contributed by atoms with van der Waals surface area (Å²) in [6.07, 6.45) is 4.45. The standard InChI is InChI=1S/C17H22BrFN4S.HI/c1-3-14-10-22-16(24-14)11-23-17(20-2)21-8-4-5-12-6-7-13(18)9-15(12)19;/h6-7,9-10H,3-5,8,11H2,1-2H3,(H2,20,21,23);1H. The van der Waals surface area contributed by atoms with E-state index in [4.69, 9.17) is 0 Å². The molecular formula is C17H23BrFIN4S. The van der Waals surface area contributed by atoms with Crippen LogP contribution in [0.2, 0.25) is 0 Å². The highest BCUT2D eigenvalue weighted by molar-refractivity contribution is 14.0. The molecule has 1 aromatic heterocycles. The highest BCUT2D eigenvalue weighted by Crippen LogP contribution is 2.16. The maximum Gasteiger partial charge on any atom is 0.191 e. The first-order chi connectivity index (χ1) is 11.6. The SMILES string of the molecule is CCc1cnc(CNC(=NC)NCCCc2ccc(Br)cc2F)s1.I. The smallest absolute Gasteiger partial charge is 0.191 e. The van der Waals surface area contributed by atoms with Gasteiger partial charge in [0.1, 0.15) is 10.8 Å². The van der Waals surface area contributed by atoms with E-state index in [-0.39, 0.29) is 29.8 Å². The predicted octanol–water partition coefficient (Wildman–Crippen LogP) is 4.52. The maximum absolute atomic E-state index is 13.7. The van der Waals surface area contributed by atoms with E-state index in [1.165, 1.54) is 10.9 Å². The molecule has 0 aliphatic carbocycles. The van der Waals surface area contributed by atoms with Gasteiger partial charge < -0.3 is 10.6 Å². The van der Waals surface area contributed by atoms with E-state index in [2.05, 4.69) is 43.5 Å². The summed E-state index contributed by atoms with van der Waals surface area (Å²) in [5.74, 6) is 0.571. The normalized spacial score (nSPS) is 11.1. The first-order valence-electron chi connectivity index (χ1n) is 7.94. The van der Waals surface area contributed by atoms with Crippen molar-refractivity contribution < 1.29 is 4.39 Å². The van der Waals surface area contributed by atoms with Gasteiger partial charge >= 0.3 is 0 Å². The van der Waals surface area contributed by atoms with Gasteiger partial charge in [0.2, 0.25) is 0 Å². The first kappa shape index (κ1) is 22.3. The number of aromatic nitrogens is 1. The quantitative estimate of drug-likeness (QED) is 0.235. The summed E-state index contributed by atoms with van der Waals surface area (Å²) in [5, 5.41) is 7.54. The van der Waals surface area contributed by atoms with Crippen molar-refractivity contribution >= 4 is 57.2 Å². The van der Waals surface area contributed by atoms with E-state index in [1.54, 1.807) is 18.4 Å². The third-order valence-corrected chi connectivity index (χ3v) is 5.15. The van der Waals surface area contributed by atoms with Gasteiger partial charge in [0, 0.05) is 29.1 Å². The van der Waals surface area contributed by atoms with Gasteiger partial charge in [0.15, 0.2) is 5.96 Å². The Hall–Kier alpha value is -0.740. The highest BCUT2D eigenvalue weighted by atomic mass is 127. The molecule has 2 rings (SSSR count). The zero-order valence-electron chi connectivity index (χ0n) is 14.3. The van der Waals surface area contributed by atoms with Gasteiger partial charge in [0.05, 0.1) is 6.54 Å². The molecule has 0 unspecified atom stereocenters. The monoisotopic (exact) mass is 540 g/mol. The van der Waals surface area contributed by atoms with Crippen molar-refractivity contribution in [1.82, 2.24) is 15.6 Å². The third kappa shape index (κ3) is 7.57. The number of rotatable bonds is 7. The molecule has 0 fully saturated rings. The van der Waals surface area contributed by atoms with Crippen LogP contribution >= 0.6 is 51.2 Å². The molecule has 25 heavy (non-hydrogen) atoms. The van der Waals surface area contributed by atoms with Crippen LogP contribution in [0.25, 0.3) is 0 Å². The van der Waals surface area contributed by atoms with Gasteiger partial charge in [-0.1, -0.05) is 28.9 Å². The van der Waals surface area contributed by atoms with Crippen molar-refractivity contribution in [2.24, 2.45) is 4.99 Å². The third-order valence-electron chi connectivity index (χ3n) is 3.51. The number of thiazole rings is 1. The summed E-state index contributed by atoms with van der Waals surface area (Å²) < 4.78 is 14.5. The Labute approximate surface area is 177 Å². The molecule has 0 radical (unpaired) electrons. The Balaban J connectivity index is 0.00000312. The number of benzene rings is 1. The van der Waals surface area contributed by atoms with E-state index >= 15 is 0 Å². The summed E-state index contributed by atoms with van der Waals surface area (Å²) in [5.41, 5.74) is 0.734. The molecule has 0 spiro atoms. The van der Waals surface area contributed by atoms with Gasteiger partial charge in [-0.15, -0.1) is 35.3 Å². The second-order valence-electron chi connectivity index (χ2n) is 5.27. The molecule has 1 aromatic carbocycles. The number of nitrogens with zero attached hydrogens (tertiary/aromatic N) is 2. The summed E-state index contributed by atoms with van der Waals surface area (Å²) in [6, 6.07) is 5.19. The van der Waals surface area contributed by atoms with Crippen LogP contribution < -0.4 is 10.6 Å². The van der Waals surface area contributed by atoms with Gasteiger partial charge in [-0.2, -0.15) is 0 Å². The van der Waals surface area contributed by atoms with Gasteiger partial charge in [-0.3, -0.25) is 4.99 Å². The van der Waals surface area contributed by atoms with Gasteiger partial charge in [-0.05, 0) is 37.0 Å². The molecule has 0 saturated carbocycles. The number of hydrogen-bond acceptors (Lipinski definition) is 3. The van der Waals surface area contributed by atoms with Crippen LogP contribution in [0.3, 0.4) is 0 Å². The largest absolute Gasteiger partial charge is 0.356 e. The minimum atomic E-state index is -0.164. The fourth-order valence-electron chi connectivity index (χ4n) is 2.18. The average Bonchev–Trinajstić information content (AvgIpc) is 3.04. The van der Waals surface area contributed by atoms with Crippen LogP contribution in [0.5, 0.6) is 0 Å². The first-order valence-corrected chi connectivity index (χ1v) is 9.55. The van der Waals surface area contributed by atoms with Crippen molar-refractivity contribution in [1.29, 1.82) is 0 Å². The fourth-order valence-corrected chi connectivity index (χ4v) is 3.32. The van der Waals surface area contributed by atoms with E-state index in [0.717, 1.165) is 40.4 Å². The average molecular weight is 541 g/mol. The summed E-state index contributed by atoms with van der Waals surface area (Å²) >= 11 is 4.98. The van der Waals surface area contributed by atoms with Gasteiger partial charge in [0.25, 0.3) is 0 Å². The van der Waals surface area contributed by atoms with Crippen LogP contribution in [-0.4, -0.2) is 24.5 Å². The Morgan fingerprint density at radius 1 is 1.36 bits per heavy atom.